The second kappa shape index (κ2) is 4.68. The molecule has 0 aliphatic heterocycles. The van der Waals surface area contributed by atoms with E-state index in [1.165, 1.54) is 6.42 Å². The Bertz CT molecular complexity index is 413. The molecule has 88 valence electrons. The minimum atomic E-state index is -0.00967. The molecule has 2 atom stereocenters. The summed E-state index contributed by atoms with van der Waals surface area (Å²) >= 11 is 0. The molecule has 1 aliphatic rings. The molecule has 1 N–H and O–H groups in total. The summed E-state index contributed by atoms with van der Waals surface area (Å²) in [5.74, 6) is 1.26. The monoisotopic (exact) mass is 221 g/mol. The van der Waals surface area contributed by atoms with Gasteiger partial charge in [0.25, 0.3) is 5.56 Å². The minimum absolute atomic E-state index is 0.00967. The van der Waals surface area contributed by atoms with Gasteiger partial charge in [-0.05, 0) is 32.1 Å². The average molecular weight is 221 g/mol. The fraction of sp³-hybridized carbons (Fsp3) is 0.667. The Hall–Kier alpha value is -1.32. The fourth-order valence-electron chi connectivity index (χ4n) is 2.33. The van der Waals surface area contributed by atoms with Gasteiger partial charge in [-0.15, -0.1) is 0 Å². The van der Waals surface area contributed by atoms with E-state index < -0.39 is 0 Å². The van der Waals surface area contributed by atoms with Crippen molar-refractivity contribution in [2.45, 2.75) is 45.7 Å². The Labute approximate surface area is 95.7 Å². The maximum absolute atomic E-state index is 11.9. The first-order chi connectivity index (χ1) is 7.70. The number of rotatable bonds is 3. The lowest BCUT2D eigenvalue weighted by molar-refractivity contribution is 0.601. The lowest BCUT2D eigenvalue weighted by atomic mass is 10.1. The van der Waals surface area contributed by atoms with Crippen LogP contribution < -0.4 is 10.9 Å². The maximum atomic E-state index is 11.9. The fourth-order valence-corrected chi connectivity index (χ4v) is 2.33. The summed E-state index contributed by atoms with van der Waals surface area (Å²) in [6, 6.07) is 0.419. The number of aryl methyl sites for hydroxylation is 1. The summed E-state index contributed by atoms with van der Waals surface area (Å²) in [6.07, 6.45) is 6.94. The SMILES string of the molecule is CCn1ccnc(NC2CCC(C)C2)c1=O. The van der Waals surface area contributed by atoms with Gasteiger partial charge in [0.15, 0.2) is 5.82 Å². The van der Waals surface area contributed by atoms with Crippen LogP contribution in [0, 0.1) is 5.92 Å². The van der Waals surface area contributed by atoms with Gasteiger partial charge in [0, 0.05) is 25.0 Å². The third-order valence-corrected chi connectivity index (χ3v) is 3.29. The first kappa shape index (κ1) is 11.2. The van der Waals surface area contributed by atoms with Crippen LogP contribution in [0.5, 0.6) is 0 Å². The molecular formula is C12H19N3O. The van der Waals surface area contributed by atoms with Crippen LogP contribution in [-0.4, -0.2) is 15.6 Å². The number of nitrogens with one attached hydrogen (secondary N) is 1. The summed E-state index contributed by atoms with van der Waals surface area (Å²) < 4.78 is 1.67. The summed E-state index contributed by atoms with van der Waals surface area (Å²) in [7, 11) is 0. The maximum Gasteiger partial charge on any atom is 0.293 e. The predicted molar refractivity (Wildman–Crippen MR) is 64.6 cm³/mol. The molecule has 0 radical (unpaired) electrons. The van der Waals surface area contributed by atoms with Crippen LogP contribution in [0.2, 0.25) is 0 Å². The average Bonchev–Trinajstić information content (AvgIpc) is 2.67. The van der Waals surface area contributed by atoms with Crippen molar-refractivity contribution in [2.75, 3.05) is 5.32 Å². The van der Waals surface area contributed by atoms with Gasteiger partial charge < -0.3 is 9.88 Å². The van der Waals surface area contributed by atoms with Crippen LogP contribution in [0.25, 0.3) is 0 Å². The van der Waals surface area contributed by atoms with Gasteiger partial charge in [-0.1, -0.05) is 6.92 Å². The van der Waals surface area contributed by atoms with Gasteiger partial charge in [0.2, 0.25) is 0 Å². The predicted octanol–water partition coefficient (Wildman–Crippen LogP) is 1.86. The normalized spacial score (nSPS) is 24.6. The van der Waals surface area contributed by atoms with Crippen LogP contribution in [0.1, 0.15) is 33.1 Å². The van der Waals surface area contributed by atoms with Crippen molar-refractivity contribution in [2.24, 2.45) is 5.92 Å². The lowest BCUT2D eigenvalue weighted by Crippen LogP contribution is -2.27. The molecule has 1 saturated carbocycles. The molecule has 1 fully saturated rings. The Balaban J connectivity index is 2.12. The highest BCUT2D eigenvalue weighted by Crippen LogP contribution is 2.26. The van der Waals surface area contributed by atoms with Crippen molar-refractivity contribution < 1.29 is 0 Å². The van der Waals surface area contributed by atoms with Gasteiger partial charge in [0.1, 0.15) is 0 Å². The summed E-state index contributed by atoms with van der Waals surface area (Å²) in [5, 5.41) is 3.27. The summed E-state index contributed by atoms with van der Waals surface area (Å²) in [6.45, 7) is 4.91. The molecule has 0 aromatic carbocycles. The second-order valence-electron chi connectivity index (χ2n) is 4.63. The van der Waals surface area contributed by atoms with E-state index in [2.05, 4.69) is 17.2 Å². The molecule has 1 aromatic heterocycles. The second-order valence-corrected chi connectivity index (χ2v) is 4.63. The van der Waals surface area contributed by atoms with Crippen molar-refractivity contribution in [1.82, 2.24) is 9.55 Å². The largest absolute Gasteiger partial charge is 0.363 e. The van der Waals surface area contributed by atoms with Crippen molar-refractivity contribution in [3.8, 4) is 0 Å². The van der Waals surface area contributed by atoms with Crippen LogP contribution in [0.4, 0.5) is 5.82 Å². The van der Waals surface area contributed by atoms with E-state index in [9.17, 15) is 4.79 Å². The van der Waals surface area contributed by atoms with E-state index in [-0.39, 0.29) is 5.56 Å². The third-order valence-electron chi connectivity index (χ3n) is 3.29. The highest BCUT2D eigenvalue weighted by atomic mass is 16.1. The van der Waals surface area contributed by atoms with E-state index in [1.807, 2.05) is 6.92 Å². The van der Waals surface area contributed by atoms with Gasteiger partial charge >= 0.3 is 0 Å². The lowest BCUT2D eigenvalue weighted by Gasteiger charge is -2.13. The zero-order valence-electron chi connectivity index (χ0n) is 9.94. The van der Waals surface area contributed by atoms with Crippen LogP contribution >= 0.6 is 0 Å². The molecule has 1 aliphatic carbocycles. The molecule has 2 unspecified atom stereocenters. The standard InChI is InChI=1S/C12H19N3O/c1-3-15-7-6-13-11(12(15)16)14-10-5-4-9(2)8-10/h6-7,9-10H,3-5,8H2,1-2H3,(H,13,14). The zero-order chi connectivity index (χ0) is 11.5. The Morgan fingerprint density at radius 2 is 2.38 bits per heavy atom. The molecule has 0 spiro atoms. The van der Waals surface area contributed by atoms with E-state index in [4.69, 9.17) is 0 Å². The van der Waals surface area contributed by atoms with Crippen LogP contribution in [-0.2, 0) is 6.54 Å². The first-order valence-corrected chi connectivity index (χ1v) is 6.02. The highest BCUT2D eigenvalue weighted by molar-refractivity contribution is 5.32. The van der Waals surface area contributed by atoms with Gasteiger partial charge in [-0.3, -0.25) is 4.79 Å². The molecule has 0 amide bonds. The molecule has 1 aromatic rings. The zero-order valence-corrected chi connectivity index (χ0v) is 9.94. The van der Waals surface area contributed by atoms with Crippen molar-refractivity contribution in [3.05, 3.63) is 22.7 Å². The van der Waals surface area contributed by atoms with Gasteiger partial charge in [0.05, 0.1) is 0 Å². The molecule has 16 heavy (non-hydrogen) atoms. The minimum Gasteiger partial charge on any atom is -0.363 e. The Morgan fingerprint density at radius 1 is 1.56 bits per heavy atom. The smallest absolute Gasteiger partial charge is 0.293 e. The van der Waals surface area contributed by atoms with Crippen molar-refractivity contribution in [1.29, 1.82) is 0 Å². The van der Waals surface area contributed by atoms with Gasteiger partial charge in [-0.2, -0.15) is 0 Å². The first-order valence-electron chi connectivity index (χ1n) is 6.02. The number of hydrogen-bond acceptors (Lipinski definition) is 3. The quantitative estimate of drug-likeness (QED) is 0.847. The van der Waals surface area contributed by atoms with Crippen LogP contribution in [0.3, 0.4) is 0 Å². The molecule has 0 saturated heterocycles. The molecule has 4 heteroatoms. The Morgan fingerprint density at radius 3 is 3.00 bits per heavy atom. The van der Waals surface area contributed by atoms with Crippen molar-refractivity contribution in [3.63, 3.8) is 0 Å². The van der Waals surface area contributed by atoms with Crippen LogP contribution in [0.15, 0.2) is 17.2 Å². The molecule has 0 bridgehead atoms. The van der Waals surface area contributed by atoms with E-state index in [1.54, 1.807) is 17.0 Å². The summed E-state index contributed by atoms with van der Waals surface area (Å²) in [4.78, 5) is 16.0. The molecule has 4 nitrogen and oxygen atoms in total. The van der Waals surface area contributed by atoms with Crippen molar-refractivity contribution >= 4 is 5.82 Å². The molecule has 2 rings (SSSR count). The number of hydrogen-bond donors (Lipinski definition) is 1. The molecule has 1 heterocycles. The third kappa shape index (κ3) is 2.26. The summed E-state index contributed by atoms with van der Waals surface area (Å²) in [5.41, 5.74) is -0.00967. The highest BCUT2D eigenvalue weighted by Gasteiger charge is 2.22. The van der Waals surface area contributed by atoms with Gasteiger partial charge in [-0.25, -0.2) is 4.98 Å². The number of aromatic nitrogens is 2. The number of anilines is 1. The number of nitrogens with zero attached hydrogens (tertiary/aromatic N) is 2. The van der Waals surface area contributed by atoms with E-state index in [0.29, 0.717) is 18.4 Å². The topological polar surface area (TPSA) is 46.9 Å². The van der Waals surface area contributed by atoms with E-state index >= 15 is 0 Å². The Kier molecular flexibility index (Phi) is 3.27. The molecular weight excluding hydrogens is 202 g/mol. The van der Waals surface area contributed by atoms with E-state index in [0.717, 1.165) is 18.8 Å².